The Balaban J connectivity index is 1.36. The molecule has 3 heterocycles. The van der Waals surface area contributed by atoms with E-state index in [1.54, 1.807) is 18.0 Å². The van der Waals surface area contributed by atoms with Crippen molar-refractivity contribution in [1.29, 1.82) is 0 Å². The number of anilines is 2. The number of piperazine rings is 1. The van der Waals surface area contributed by atoms with Crippen molar-refractivity contribution in [3.05, 3.63) is 52.3 Å². The summed E-state index contributed by atoms with van der Waals surface area (Å²) in [7, 11) is 1.57. The number of hydrogen-bond acceptors (Lipinski definition) is 5. The standard InChI is InChI=1S/C22H27ClN6O2/c1-3-28-14-16-5-4-15(12-18(16)26-22(28)31)13-27-8-10-29(11-9-27)19-7-6-17(21(30)24-2)25-20(19)23/h4-7,12H,3,8-11,13-14H2,1-2H3,(H,24,30)(H,26,31). The quantitative estimate of drug-likeness (QED) is 0.696. The Labute approximate surface area is 187 Å². The van der Waals surface area contributed by atoms with Gasteiger partial charge in [-0.3, -0.25) is 9.69 Å². The summed E-state index contributed by atoms with van der Waals surface area (Å²) >= 11 is 6.35. The number of rotatable bonds is 5. The van der Waals surface area contributed by atoms with Crippen LogP contribution in [0.2, 0.25) is 5.15 Å². The van der Waals surface area contributed by atoms with Crippen molar-refractivity contribution in [2.24, 2.45) is 0 Å². The molecule has 2 N–H and O–H groups in total. The maximum atomic E-state index is 12.1. The van der Waals surface area contributed by atoms with Gasteiger partial charge in [0.2, 0.25) is 0 Å². The predicted molar refractivity (Wildman–Crippen MR) is 122 cm³/mol. The second kappa shape index (κ2) is 9.11. The van der Waals surface area contributed by atoms with Crippen LogP contribution >= 0.6 is 11.6 Å². The van der Waals surface area contributed by atoms with Crippen LogP contribution in [0, 0.1) is 0 Å². The van der Waals surface area contributed by atoms with E-state index in [-0.39, 0.29) is 11.9 Å². The number of amides is 3. The van der Waals surface area contributed by atoms with Crippen LogP contribution in [0.4, 0.5) is 16.2 Å². The molecule has 3 amide bonds. The average molecular weight is 443 g/mol. The summed E-state index contributed by atoms with van der Waals surface area (Å²) < 4.78 is 0. The van der Waals surface area contributed by atoms with Gasteiger partial charge in [-0.2, -0.15) is 0 Å². The van der Waals surface area contributed by atoms with Crippen LogP contribution in [0.1, 0.15) is 28.5 Å². The van der Waals surface area contributed by atoms with Crippen LogP contribution in [-0.2, 0) is 13.1 Å². The van der Waals surface area contributed by atoms with Crippen LogP contribution < -0.4 is 15.5 Å². The molecule has 1 aromatic carbocycles. The average Bonchev–Trinajstić information content (AvgIpc) is 2.78. The molecule has 1 saturated heterocycles. The third-order valence-electron chi connectivity index (χ3n) is 5.85. The Morgan fingerprint density at radius 2 is 1.97 bits per heavy atom. The molecule has 1 fully saturated rings. The Bertz CT molecular complexity index is 990. The van der Waals surface area contributed by atoms with Gasteiger partial charge in [-0.1, -0.05) is 23.7 Å². The lowest BCUT2D eigenvalue weighted by Gasteiger charge is -2.36. The fourth-order valence-corrected chi connectivity index (χ4v) is 4.30. The first-order chi connectivity index (χ1) is 15.0. The fourth-order valence-electron chi connectivity index (χ4n) is 4.03. The number of nitrogens with one attached hydrogen (secondary N) is 2. The first kappa shape index (κ1) is 21.4. The normalized spacial score (nSPS) is 16.7. The topological polar surface area (TPSA) is 80.8 Å². The highest BCUT2D eigenvalue weighted by molar-refractivity contribution is 6.32. The number of aromatic nitrogens is 1. The van der Waals surface area contributed by atoms with Gasteiger partial charge in [0.05, 0.1) is 5.69 Å². The van der Waals surface area contributed by atoms with Gasteiger partial charge in [0.15, 0.2) is 5.15 Å². The van der Waals surface area contributed by atoms with Crippen LogP contribution in [0.15, 0.2) is 30.3 Å². The fraction of sp³-hybridized carbons (Fsp3) is 0.409. The summed E-state index contributed by atoms with van der Waals surface area (Å²) in [5.74, 6) is -0.248. The molecule has 0 radical (unpaired) electrons. The lowest BCUT2D eigenvalue weighted by atomic mass is 10.1. The van der Waals surface area contributed by atoms with E-state index in [1.165, 1.54) is 5.56 Å². The molecule has 0 aliphatic carbocycles. The van der Waals surface area contributed by atoms with Crippen molar-refractivity contribution >= 4 is 34.9 Å². The number of fused-ring (bicyclic) bond motifs is 1. The molecule has 2 aliphatic heterocycles. The minimum absolute atomic E-state index is 0.0336. The molecular weight excluding hydrogens is 416 g/mol. The number of urea groups is 1. The Hall–Kier alpha value is -2.84. The van der Waals surface area contributed by atoms with Crippen molar-refractivity contribution in [1.82, 2.24) is 20.1 Å². The van der Waals surface area contributed by atoms with Crippen molar-refractivity contribution < 1.29 is 9.59 Å². The first-order valence-electron chi connectivity index (χ1n) is 10.5. The molecule has 2 aliphatic rings. The van der Waals surface area contributed by atoms with E-state index >= 15 is 0 Å². The lowest BCUT2D eigenvalue weighted by molar-refractivity contribution is 0.0958. The van der Waals surface area contributed by atoms with Crippen LogP contribution in [0.25, 0.3) is 0 Å². The second-order valence-corrected chi connectivity index (χ2v) is 8.14. The van der Waals surface area contributed by atoms with Gasteiger partial charge in [-0.05, 0) is 36.2 Å². The molecule has 0 bridgehead atoms. The Morgan fingerprint density at radius 1 is 1.19 bits per heavy atom. The predicted octanol–water partition coefficient (Wildman–Crippen LogP) is 2.78. The Morgan fingerprint density at radius 3 is 2.65 bits per heavy atom. The molecular formula is C22H27ClN6O2. The molecule has 164 valence electrons. The van der Waals surface area contributed by atoms with E-state index in [4.69, 9.17) is 11.6 Å². The smallest absolute Gasteiger partial charge is 0.322 e. The maximum Gasteiger partial charge on any atom is 0.322 e. The number of carbonyl (C=O) groups is 2. The zero-order valence-electron chi connectivity index (χ0n) is 17.8. The van der Waals surface area contributed by atoms with Crippen molar-refractivity contribution in [3.63, 3.8) is 0 Å². The summed E-state index contributed by atoms with van der Waals surface area (Å²) in [6, 6.07) is 9.88. The molecule has 4 rings (SSSR count). The molecule has 0 spiro atoms. The largest absolute Gasteiger partial charge is 0.366 e. The first-order valence-corrected chi connectivity index (χ1v) is 10.9. The zero-order chi connectivity index (χ0) is 22.0. The van der Waals surface area contributed by atoms with E-state index in [1.807, 2.05) is 13.0 Å². The van der Waals surface area contributed by atoms with Gasteiger partial charge >= 0.3 is 6.03 Å². The number of pyridine rings is 1. The monoisotopic (exact) mass is 442 g/mol. The maximum absolute atomic E-state index is 12.1. The molecule has 0 atom stereocenters. The molecule has 31 heavy (non-hydrogen) atoms. The minimum Gasteiger partial charge on any atom is -0.366 e. The van der Waals surface area contributed by atoms with Gasteiger partial charge in [0, 0.05) is 58.5 Å². The summed E-state index contributed by atoms with van der Waals surface area (Å²) in [6.07, 6.45) is 0. The van der Waals surface area contributed by atoms with Gasteiger partial charge in [-0.25, -0.2) is 9.78 Å². The third kappa shape index (κ3) is 4.60. The SMILES string of the molecule is CCN1Cc2ccc(CN3CCN(c4ccc(C(=O)NC)nc4Cl)CC3)cc2NC1=O. The molecule has 2 aromatic rings. The summed E-state index contributed by atoms with van der Waals surface area (Å²) in [6.45, 7) is 7.60. The van der Waals surface area contributed by atoms with E-state index in [0.29, 0.717) is 23.9 Å². The van der Waals surface area contributed by atoms with E-state index in [0.717, 1.165) is 49.7 Å². The van der Waals surface area contributed by atoms with Crippen molar-refractivity contribution in [2.45, 2.75) is 20.0 Å². The highest BCUT2D eigenvalue weighted by Gasteiger charge is 2.23. The highest BCUT2D eigenvalue weighted by atomic mass is 35.5. The van der Waals surface area contributed by atoms with Gasteiger partial charge < -0.3 is 20.4 Å². The second-order valence-electron chi connectivity index (χ2n) is 7.78. The number of halogens is 1. The van der Waals surface area contributed by atoms with Crippen LogP contribution in [-0.4, -0.2) is 66.5 Å². The van der Waals surface area contributed by atoms with E-state index in [9.17, 15) is 9.59 Å². The zero-order valence-corrected chi connectivity index (χ0v) is 18.6. The highest BCUT2D eigenvalue weighted by Crippen LogP contribution is 2.27. The molecule has 9 heteroatoms. The minimum atomic E-state index is -0.248. The van der Waals surface area contributed by atoms with Gasteiger partial charge in [-0.15, -0.1) is 0 Å². The van der Waals surface area contributed by atoms with Crippen molar-refractivity contribution in [3.8, 4) is 0 Å². The number of nitrogens with zero attached hydrogens (tertiary/aromatic N) is 4. The summed E-state index contributed by atoms with van der Waals surface area (Å²) in [5, 5.41) is 5.91. The molecule has 0 saturated carbocycles. The van der Waals surface area contributed by atoms with Crippen LogP contribution in [0.5, 0.6) is 0 Å². The van der Waals surface area contributed by atoms with E-state index in [2.05, 4.69) is 43.6 Å². The molecule has 0 unspecified atom stereocenters. The third-order valence-corrected chi connectivity index (χ3v) is 6.13. The molecule has 1 aromatic heterocycles. The lowest BCUT2D eigenvalue weighted by Crippen LogP contribution is -2.46. The summed E-state index contributed by atoms with van der Waals surface area (Å²) in [4.78, 5) is 34.5. The van der Waals surface area contributed by atoms with E-state index < -0.39 is 0 Å². The summed E-state index contributed by atoms with van der Waals surface area (Å²) in [5.41, 5.74) is 4.42. The molecule has 8 nitrogen and oxygen atoms in total. The van der Waals surface area contributed by atoms with Crippen molar-refractivity contribution in [2.75, 3.05) is 50.0 Å². The van der Waals surface area contributed by atoms with Gasteiger partial charge in [0.1, 0.15) is 5.69 Å². The Kier molecular flexibility index (Phi) is 6.29. The van der Waals surface area contributed by atoms with Crippen LogP contribution in [0.3, 0.4) is 0 Å². The number of hydrogen-bond donors (Lipinski definition) is 2. The van der Waals surface area contributed by atoms with Gasteiger partial charge in [0.25, 0.3) is 5.91 Å². The number of carbonyl (C=O) groups excluding carboxylic acids is 2. The number of benzene rings is 1.